The molecule has 11 heteroatoms. The third kappa shape index (κ3) is 7.13. The second-order valence-electron chi connectivity index (χ2n) is 6.07. The van der Waals surface area contributed by atoms with Gasteiger partial charge in [-0.15, -0.1) is 0 Å². The van der Waals surface area contributed by atoms with Gasteiger partial charge in [0.05, 0.1) is 61.4 Å². The van der Waals surface area contributed by atoms with Crippen molar-refractivity contribution in [3.8, 4) is 46.0 Å². The molecule has 33 heavy (non-hydrogen) atoms. The summed E-state index contributed by atoms with van der Waals surface area (Å²) in [5, 5.41) is 0. The Morgan fingerprint density at radius 1 is 0.485 bits per heavy atom. The number of benzene rings is 2. The van der Waals surface area contributed by atoms with Gasteiger partial charge in [-0.3, -0.25) is 0 Å². The average Bonchev–Trinajstić information content (AvgIpc) is 2.85. The summed E-state index contributed by atoms with van der Waals surface area (Å²) in [5.74, 6) is 4.66. The minimum Gasteiger partial charge on any atom is -0.493 e. The molecule has 2 rings (SSSR count). The Morgan fingerprint density at radius 2 is 0.848 bits per heavy atom. The first-order chi connectivity index (χ1) is 15.8. The number of hydrogen-bond acceptors (Lipinski definition) is 8. The summed E-state index contributed by atoms with van der Waals surface area (Å²) in [6, 6.07) is 1.85. The molecule has 0 saturated carbocycles. The summed E-state index contributed by atoms with van der Waals surface area (Å²) in [6.45, 7) is 3.83. The molecule has 2 aromatic rings. The van der Waals surface area contributed by atoms with Crippen LogP contribution in [0.2, 0.25) is 0 Å². The molecule has 2 aromatic carbocycles. The van der Waals surface area contributed by atoms with Crippen molar-refractivity contribution in [2.75, 3.05) is 56.9 Å². The van der Waals surface area contributed by atoms with Crippen molar-refractivity contribution in [1.82, 2.24) is 0 Å². The second kappa shape index (κ2) is 16.0. The van der Waals surface area contributed by atoms with Gasteiger partial charge in [-0.25, -0.2) is 0 Å². The number of aryl methyl sites for hydroxylation is 1. The van der Waals surface area contributed by atoms with E-state index < -0.39 is 0 Å². The molecule has 0 spiro atoms. The summed E-state index contributed by atoms with van der Waals surface area (Å²) < 4.78 is 42.9. The number of rotatable bonds is 8. The molecular weight excluding hydrogens is 632 g/mol. The fourth-order valence-corrected chi connectivity index (χ4v) is 3.57. The highest BCUT2D eigenvalue weighted by molar-refractivity contribution is 9.93. The van der Waals surface area contributed by atoms with Gasteiger partial charge < -0.3 is 37.9 Å². The zero-order chi connectivity index (χ0) is 25.7. The van der Waals surface area contributed by atoms with Crippen LogP contribution in [0.15, 0.2) is 10.5 Å². The predicted molar refractivity (Wildman–Crippen MR) is 140 cm³/mol. The van der Waals surface area contributed by atoms with Gasteiger partial charge in [-0.05, 0) is 41.4 Å². The Bertz CT molecular complexity index is 854. The van der Waals surface area contributed by atoms with Gasteiger partial charge >= 0.3 is 0 Å². The highest BCUT2D eigenvalue weighted by atomic mass is 80.9. The zero-order valence-corrected chi connectivity index (χ0v) is 25.2. The van der Waals surface area contributed by atoms with Crippen LogP contribution >= 0.6 is 44.2 Å². The third-order valence-corrected chi connectivity index (χ3v) is 5.43. The average molecular weight is 663 g/mol. The van der Waals surface area contributed by atoms with Crippen molar-refractivity contribution < 1.29 is 37.9 Å². The van der Waals surface area contributed by atoms with Gasteiger partial charge in [0, 0.05) is 33.8 Å². The van der Waals surface area contributed by atoms with E-state index in [1.54, 1.807) is 56.9 Å². The van der Waals surface area contributed by atoms with Crippen molar-refractivity contribution >= 4 is 44.2 Å². The third-order valence-electron chi connectivity index (χ3n) is 4.48. The van der Waals surface area contributed by atoms with E-state index in [4.69, 9.17) is 37.9 Å². The number of ether oxygens (including phenoxy) is 8. The van der Waals surface area contributed by atoms with E-state index in [-0.39, 0.29) is 0 Å². The maximum Gasteiger partial charge on any atom is 0.208 e. The van der Waals surface area contributed by atoms with Crippen LogP contribution in [0.1, 0.15) is 11.1 Å². The summed E-state index contributed by atoms with van der Waals surface area (Å²) in [4.78, 5) is 0. The van der Waals surface area contributed by atoms with Gasteiger partial charge in [0.1, 0.15) is 0 Å². The lowest BCUT2D eigenvalue weighted by Gasteiger charge is -2.18. The molecule has 0 heterocycles. The fourth-order valence-electron chi connectivity index (χ4n) is 3.05. The molecular formula is C22H31Br3O8. The molecule has 0 atom stereocenters. The highest BCUT2D eigenvalue weighted by Crippen LogP contribution is 2.51. The van der Waals surface area contributed by atoms with Crippen molar-refractivity contribution in [3.05, 3.63) is 21.7 Å². The van der Waals surface area contributed by atoms with Gasteiger partial charge in [-0.2, -0.15) is 0 Å². The maximum absolute atomic E-state index is 5.30. The minimum absolute atomic E-state index is 0.513. The van der Waals surface area contributed by atoms with Crippen LogP contribution in [0.4, 0.5) is 0 Å². The van der Waals surface area contributed by atoms with E-state index in [2.05, 4.69) is 44.2 Å². The van der Waals surface area contributed by atoms with E-state index in [9.17, 15) is 0 Å². The maximum atomic E-state index is 5.30. The lowest BCUT2D eigenvalue weighted by atomic mass is 10.1. The molecule has 0 bridgehead atoms. The SMILES string of the molecule is BrBr.COc1c(C)c(Br)c(OC)c(OC)c1OC.COc1cc(C)c(OC)c(OC)c1OC. The van der Waals surface area contributed by atoms with Crippen LogP contribution in [0.5, 0.6) is 46.0 Å². The van der Waals surface area contributed by atoms with E-state index in [1.165, 1.54) is 0 Å². The molecule has 0 unspecified atom stereocenters. The molecule has 0 aliphatic rings. The summed E-state index contributed by atoms with van der Waals surface area (Å²) >= 11 is 8.95. The normalized spacial score (nSPS) is 9.36. The van der Waals surface area contributed by atoms with Gasteiger partial charge in [-0.1, -0.05) is 0 Å². The first-order valence-corrected chi connectivity index (χ1v) is 13.8. The number of halogens is 3. The van der Waals surface area contributed by atoms with Crippen LogP contribution in [0, 0.1) is 13.8 Å². The molecule has 8 nitrogen and oxygen atoms in total. The summed E-state index contributed by atoms with van der Waals surface area (Å²) in [7, 11) is 12.6. The monoisotopic (exact) mass is 660 g/mol. The van der Waals surface area contributed by atoms with Crippen molar-refractivity contribution in [1.29, 1.82) is 0 Å². The Morgan fingerprint density at radius 3 is 1.21 bits per heavy atom. The first-order valence-electron chi connectivity index (χ1n) is 9.31. The Labute approximate surface area is 219 Å². The fraction of sp³-hybridized carbons (Fsp3) is 0.455. The number of hydrogen-bond donors (Lipinski definition) is 0. The van der Waals surface area contributed by atoms with Crippen LogP contribution < -0.4 is 37.9 Å². The zero-order valence-electron chi connectivity index (χ0n) is 20.5. The van der Waals surface area contributed by atoms with E-state index in [0.29, 0.717) is 46.0 Å². The standard InChI is InChI=1S/C11H15BrO4.C11H16O4.Br2/c1-6-7(12)9(14-3)11(16-5)10(15-4)8(6)13-2;1-7-6-8(12-2)10(14-4)11(15-5)9(7)13-3;1-2/h1-5H3;6H,1-5H3;. The van der Waals surface area contributed by atoms with Crippen LogP contribution in [-0.2, 0) is 0 Å². The molecule has 0 fully saturated rings. The van der Waals surface area contributed by atoms with Crippen LogP contribution in [0.3, 0.4) is 0 Å². The minimum atomic E-state index is 0.513. The van der Waals surface area contributed by atoms with Crippen molar-refractivity contribution in [2.24, 2.45) is 0 Å². The van der Waals surface area contributed by atoms with Crippen molar-refractivity contribution in [3.63, 3.8) is 0 Å². The topological polar surface area (TPSA) is 73.8 Å². The second-order valence-corrected chi connectivity index (χ2v) is 6.86. The molecule has 0 aromatic heterocycles. The first kappa shape index (κ1) is 31.3. The Kier molecular flexibility index (Phi) is 15.2. The lowest BCUT2D eigenvalue weighted by Crippen LogP contribution is -2.01. The van der Waals surface area contributed by atoms with Gasteiger partial charge in [0.15, 0.2) is 23.0 Å². The summed E-state index contributed by atoms with van der Waals surface area (Å²) in [5.41, 5.74) is 1.84. The number of methoxy groups -OCH3 is 8. The molecule has 0 N–H and O–H groups in total. The van der Waals surface area contributed by atoms with E-state index >= 15 is 0 Å². The highest BCUT2D eigenvalue weighted by Gasteiger charge is 2.24. The molecule has 0 saturated heterocycles. The Hall–Kier alpha value is -1.72. The van der Waals surface area contributed by atoms with Crippen molar-refractivity contribution in [2.45, 2.75) is 13.8 Å². The predicted octanol–water partition coefficient (Wildman–Crippen LogP) is 6.51. The van der Waals surface area contributed by atoms with Crippen LogP contribution in [-0.4, -0.2) is 56.9 Å². The molecule has 0 aliphatic heterocycles. The smallest absolute Gasteiger partial charge is 0.208 e. The Balaban J connectivity index is 0.000000578. The molecule has 188 valence electrons. The quantitative estimate of drug-likeness (QED) is 0.317. The van der Waals surface area contributed by atoms with E-state index in [1.807, 2.05) is 19.9 Å². The molecule has 0 aliphatic carbocycles. The molecule has 0 radical (unpaired) electrons. The molecule has 0 amide bonds. The van der Waals surface area contributed by atoms with Gasteiger partial charge in [0.2, 0.25) is 23.0 Å². The largest absolute Gasteiger partial charge is 0.493 e. The van der Waals surface area contributed by atoms with Gasteiger partial charge in [0.25, 0.3) is 0 Å². The summed E-state index contributed by atoms with van der Waals surface area (Å²) in [6.07, 6.45) is 0. The van der Waals surface area contributed by atoms with E-state index in [0.717, 1.165) is 15.6 Å². The van der Waals surface area contributed by atoms with Crippen LogP contribution in [0.25, 0.3) is 0 Å². The lowest BCUT2D eigenvalue weighted by molar-refractivity contribution is 0.303.